The molecule has 23 heavy (non-hydrogen) atoms. The molecule has 0 unspecified atom stereocenters. The first-order chi connectivity index (χ1) is 11.0. The molecule has 2 nitrogen and oxygen atoms in total. The number of rotatable bonds is 2. The fourth-order valence-electron chi connectivity index (χ4n) is 2.21. The molecule has 6 heteroatoms. The molecule has 1 amide bonds. The molecule has 1 fully saturated rings. The predicted molar refractivity (Wildman–Crippen MR) is 103 cm³/mol. The van der Waals surface area contributed by atoms with Crippen molar-refractivity contribution < 1.29 is 4.79 Å². The molecule has 0 N–H and O–H groups in total. The van der Waals surface area contributed by atoms with Crippen LogP contribution >= 0.6 is 47.2 Å². The quantitative estimate of drug-likeness (QED) is 0.492. The van der Waals surface area contributed by atoms with Crippen molar-refractivity contribution in [2.75, 3.05) is 4.90 Å². The highest BCUT2D eigenvalue weighted by atomic mass is 35.5. The minimum absolute atomic E-state index is 0.128. The van der Waals surface area contributed by atoms with Gasteiger partial charge < -0.3 is 0 Å². The lowest BCUT2D eigenvalue weighted by molar-refractivity contribution is -0.113. The van der Waals surface area contributed by atoms with Crippen molar-refractivity contribution in [1.82, 2.24) is 0 Å². The number of thiocarbonyl (C=S) groups is 1. The summed E-state index contributed by atoms with van der Waals surface area (Å²) in [6.07, 6.45) is 1.78. The number of thioether (sulfide) groups is 1. The number of benzene rings is 2. The van der Waals surface area contributed by atoms with Crippen LogP contribution in [0, 0.1) is 6.92 Å². The number of halogens is 2. The van der Waals surface area contributed by atoms with E-state index in [0.29, 0.717) is 19.3 Å². The first-order valence-electron chi connectivity index (χ1n) is 6.75. The van der Waals surface area contributed by atoms with Crippen molar-refractivity contribution in [3.05, 3.63) is 68.5 Å². The van der Waals surface area contributed by atoms with Crippen LogP contribution < -0.4 is 4.90 Å². The molecule has 116 valence electrons. The number of hydrogen-bond donors (Lipinski definition) is 0. The van der Waals surface area contributed by atoms with Gasteiger partial charge in [-0.15, -0.1) is 0 Å². The number of aryl methyl sites for hydroxylation is 1. The van der Waals surface area contributed by atoms with Crippen molar-refractivity contribution in [2.24, 2.45) is 0 Å². The number of amides is 1. The Bertz CT molecular complexity index is 848. The first kappa shape index (κ1) is 16.5. The third kappa shape index (κ3) is 3.45. The molecule has 3 rings (SSSR count). The van der Waals surface area contributed by atoms with Gasteiger partial charge in [0, 0.05) is 0 Å². The summed E-state index contributed by atoms with van der Waals surface area (Å²) in [4.78, 5) is 14.8. The van der Waals surface area contributed by atoms with Crippen LogP contribution in [-0.4, -0.2) is 10.2 Å². The summed E-state index contributed by atoms with van der Waals surface area (Å²) in [5.41, 5.74) is 2.67. The number of nitrogens with zero attached hydrogens (tertiary/aromatic N) is 1. The Morgan fingerprint density at radius 2 is 1.91 bits per heavy atom. The molecule has 1 saturated heterocycles. The van der Waals surface area contributed by atoms with Crippen molar-refractivity contribution >= 4 is 69.2 Å². The van der Waals surface area contributed by atoms with Crippen molar-refractivity contribution in [2.45, 2.75) is 6.92 Å². The summed E-state index contributed by atoms with van der Waals surface area (Å²) >= 11 is 18.6. The molecule has 0 aromatic heterocycles. The van der Waals surface area contributed by atoms with E-state index in [4.69, 9.17) is 35.4 Å². The van der Waals surface area contributed by atoms with Crippen LogP contribution in [0.3, 0.4) is 0 Å². The monoisotopic (exact) mass is 379 g/mol. The first-order valence-corrected chi connectivity index (χ1v) is 8.73. The summed E-state index contributed by atoms with van der Waals surface area (Å²) in [5.74, 6) is -0.128. The molecule has 1 aliphatic rings. The third-order valence-corrected chi connectivity index (χ3v) is 5.34. The van der Waals surface area contributed by atoms with Crippen LogP contribution in [0.1, 0.15) is 11.1 Å². The highest BCUT2D eigenvalue weighted by Gasteiger charge is 2.33. The molecular weight excluding hydrogens is 369 g/mol. The highest BCUT2D eigenvalue weighted by Crippen LogP contribution is 2.36. The van der Waals surface area contributed by atoms with Gasteiger partial charge >= 0.3 is 0 Å². The Kier molecular flexibility index (Phi) is 4.78. The van der Waals surface area contributed by atoms with Gasteiger partial charge in [0.05, 0.1) is 20.6 Å². The van der Waals surface area contributed by atoms with E-state index in [1.54, 1.807) is 23.1 Å². The standard InChI is InChI=1S/C17H11Cl2NOS2/c1-10-3-2-4-12(7-10)20-16(21)15(23-17(20)22)9-11-5-6-13(18)14(19)8-11/h2-9H,1H3/b15-9-. The maximum atomic E-state index is 12.7. The van der Waals surface area contributed by atoms with Crippen LogP contribution in [0.5, 0.6) is 0 Å². The maximum Gasteiger partial charge on any atom is 0.270 e. The molecule has 0 spiro atoms. The van der Waals surface area contributed by atoms with Crippen molar-refractivity contribution in [1.29, 1.82) is 0 Å². The lowest BCUT2D eigenvalue weighted by Gasteiger charge is -2.14. The van der Waals surface area contributed by atoms with Gasteiger partial charge in [0.1, 0.15) is 0 Å². The second-order valence-corrected chi connectivity index (χ2v) is 7.52. The fraction of sp³-hybridized carbons (Fsp3) is 0.0588. The molecule has 1 aliphatic heterocycles. The van der Waals surface area contributed by atoms with E-state index in [9.17, 15) is 4.79 Å². The van der Waals surface area contributed by atoms with E-state index >= 15 is 0 Å². The van der Waals surface area contributed by atoms with Crippen LogP contribution in [-0.2, 0) is 4.79 Å². The Morgan fingerprint density at radius 3 is 2.61 bits per heavy atom. The molecule has 0 bridgehead atoms. The topological polar surface area (TPSA) is 20.3 Å². The zero-order valence-electron chi connectivity index (χ0n) is 12.0. The normalized spacial score (nSPS) is 16.5. The summed E-state index contributed by atoms with van der Waals surface area (Å²) in [6.45, 7) is 1.98. The summed E-state index contributed by atoms with van der Waals surface area (Å²) in [7, 11) is 0. The van der Waals surface area contributed by atoms with E-state index in [-0.39, 0.29) is 5.91 Å². The second-order valence-electron chi connectivity index (χ2n) is 5.03. The number of carbonyl (C=O) groups excluding carboxylic acids is 1. The molecule has 2 aromatic rings. The molecule has 2 aromatic carbocycles. The van der Waals surface area contributed by atoms with Crippen molar-refractivity contribution in [3.63, 3.8) is 0 Å². The maximum absolute atomic E-state index is 12.7. The Morgan fingerprint density at radius 1 is 1.13 bits per heavy atom. The Labute approximate surface area is 154 Å². The van der Waals surface area contributed by atoms with Gasteiger partial charge in [-0.05, 0) is 48.4 Å². The number of anilines is 1. The lowest BCUT2D eigenvalue weighted by atomic mass is 10.2. The number of carbonyl (C=O) groups is 1. The van der Waals surface area contributed by atoms with E-state index < -0.39 is 0 Å². The summed E-state index contributed by atoms with van der Waals surface area (Å²) in [6, 6.07) is 12.9. The SMILES string of the molecule is Cc1cccc(N2C(=O)/C(=C/c3ccc(Cl)c(Cl)c3)SC2=S)c1. The van der Waals surface area contributed by atoms with Gasteiger partial charge in [-0.3, -0.25) is 9.69 Å². The van der Waals surface area contributed by atoms with Crippen LogP contribution in [0.25, 0.3) is 6.08 Å². The lowest BCUT2D eigenvalue weighted by Crippen LogP contribution is -2.27. The van der Waals surface area contributed by atoms with E-state index in [1.807, 2.05) is 37.3 Å². The predicted octanol–water partition coefficient (Wildman–Crippen LogP) is 5.71. The van der Waals surface area contributed by atoms with Crippen LogP contribution in [0.4, 0.5) is 5.69 Å². The van der Waals surface area contributed by atoms with Gasteiger partial charge in [0.15, 0.2) is 4.32 Å². The van der Waals surface area contributed by atoms with Crippen LogP contribution in [0.2, 0.25) is 10.0 Å². The molecule has 0 radical (unpaired) electrons. The van der Waals surface area contributed by atoms with Gasteiger partial charge in [-0.25, -0.2) is 0 Å². The highest BCUT2D eigenvalue weighted by molar-refractivity contribution is 8.27. The van der Waals surface area contributed by atoms with E-state index in [2.05, 4.69) is 0 Å². The van der Waals surface area contributed by atoms with Crippen molar-refractivity contribution in [3.8, 4) is 0 Å². The molecule has 0 atom stereocenters. The average molecular weight is 380 g/mol. The largest absolute Gasteiger partial charge is 0.270 e. The van der Waals surface area contributed by atoms with Gasteiger partial charge in [0.25, 0.3) is 5.91 Å². The molecule has 1 heterocycles. The minimum atomic E-state index is -0.128. The number of hydrogen-bond acceptors (Lipinski definition) is 3. The molecular formula is C17H11Cl2NOS2. The summed E-state index contributed by atoms with van der Waals surface area (Å²) in [5, 5.41) is 0.936. The fourth-order valence-corrected chi connectivity index (χ4v) is 3.82. The molecule has 0 aliphatic carbocycles. The average Bonchev–Trinajstić information content (AvgIpc) is 2.77. The van der Waals surface area contributed by atoms with Gasteiger partial charge in [0.2, 0.25) is 0 Å². The second kappa shape index (κ2) is 6.65. The molecule has 0 saturated carbocycles. The van der Waals surface area contributed by atoms with Gasteiger partial charge in [-0.2, -0.15) is 0 Å². The smallest absolute Gasteiger partial charge is 0.268 e. The van der Waals surface area contributed by atoms with Gasteiger partial charge in [-0.1, -0.05) is 65.4 Å². The Balaban J connectivity index is 1.94. The Hall–Kier alpha value is -1.33. The minimum Gasteiger partial charge on any atom is -0.268 e. The zero-order valence-corrected chi connectivity index (χ0v) is 15.2. The third-order valence-electron chi connectivity index (χ3n) is 3.29. The van der Waals surface area contributed by atoms with E-state index in [0.717, 1.165) is 16.8 Å². The zero-order chi connectivity index (χ0) is 16.6. The van der Waals surface area contributed by atoms with E-state index in [1.165, 1.54) is 11.8 Å². The summed E-state index contributed by atoms with van der Waals surface area (Å²) < 4.78 is 0.520. The van der Waals surface area contributed by atoms with Crippen LogP contribution in [0.15, 0.2) is 47.4 Å².